The SMILES string of the molecule is CCOc1ccc(N2CCN(C(=O)Nc3ccc(C#N)cc3)CC2)cc1. The molecular formula is C20H22N4O2. The number of anilines is 2. The van der Waals surface area contributed by atoms with Gasteiger partial charge in [0, 0.05) is 37.6 Å². The van der Waals surface area contributed by atoms with Gasteiger partial charge in [0.05, 0.1) is 18.2 Å². The number of amides is 2. The molecule has 6 nitrogen and oxygen atoms in total. The van der Waals surface area contributed by atoms with E-state index in [1.807, 2.05) is 24.0 Å². The predicted molar refractivity (Wildman–Crippen MR) is 102 cm³/mol. The van der Waals surface area contributed by atoms with E-state index in [-0.39, 0.29) is 6.03 Å². The summed E-state index contributed by atoms with van der Waals surface area (Å²) in [5, 5.41) is 11.7. The molecule has 0 bridgehead atoms. The monoisotopic (exact) mass is 350 g/mol. The molecule has 2 aromatic rings. The molecule has 134 valence electrons. The lowest BCUT2D eigenvalue weighted by atomic mass is 10.2. The maximum atomic E-state index is 12.4. The zero-order valence-electron chi connectivity index (χ0n) is 14.8. The van der Waals surface area contributed by atoms with Gasteiger partial charge >= 0.3 is 6.03 Å². The Labute approximate surface area is 153 Å². The number of piperazine rings is 1. The summed E-state index contributed by atoms with van der Waals surface area (Å²) in [6, 6.07) is 16.9. The van der Waals surface area contributed by atoms with E-state index in [2.05, 4.69) is 28.4 Å². The highest BCUT2D eigenvalue weighted by Crippen LogP contribution is 2.21. The Morgan fingerprint density at radius 3 is 2.31 bits per heavy atom. The first-order valence-electron chi connectivity index (χ1n) is 8.73. The molecule has 2 aromatic carbocycles. The molecule has 0 saturated carbocycles. The van der Waals surface area contributed by atoms with E-state index in [1.54, 1.807) is 24.3 Å². The number of urea groups is 1. The van der Waals surface area contributed by atoms with Gasteiger partial charge in [0.2, 0.25) is 0 Å². The van der Waals surface area contributed by atoms with Crippen molar-refractivity contribution in [3.8, 4) is 11.8 Å². The summed E-state index contributed by atoms with van der Waals surface area (Å²) < 4.78 is 5.47. The summed E-state index contributed by atoms with van der Waals surface area (Å²) in [6.45, 7) is 5.52. The zero-order chi connectivity index (χ0) is 18.4. The first-order valence-corrected chi connectivity index (χ1v) is 8.73. The molecule has 1 fully saturated rings. The number of benzene rings is 2. The smallest absolute Gasteiger partial charge is 0.321 e. The molecule has 1 N–H and O–H groups in total. The van der Waals surface area contributed by atoms with Crippen molar-refractivity contribution in [2.24, 2.45) is 0 Å². The van der Waals surface area contributed by atoms with E-state index >= 15 is 0 Å². The third-order valence-electron chi connectivity index (χ3n) is 4.35. The Kier molecular flexibility index (Phi) is 5.59. The summed E-state index contributed by atoms with van der Waals surface area (Å²) in [6.07, 6.45) is 0. The third kappa shape index (κ3) is 4.25. The van der Waals surface area contributed by atoms with Crippen molar-refractivity contribution in [2.75, 3.05) is 43.0 Å². The summed E-state index contributed by atoms with van der Waals surface area (Å²) in [5.41, 5.74) is 2.41. The Morgan fingerprint density at radius 2 is 1.73 bits per heavy atom. The second-order valence-electron chi connectivity index (χ2n) is 6.02. The van der Waals surface area contributed by atoms with Crippen LogP contribution >= 0.6 is 0 Å². The van der Waals surface area contributed by atoms with E-state index in [0.29, 0.717) is 30.9 Å². The molecule has 6 heteroatoms. The quantitative estimate of drug-likeness (QED) is 0.918. The first-order chi connectivity index (χ1) is 12.7. The second kappa shape index (κ2) is 8.26. The van der Waals surface area contributed by atoms with Crippen molar-refractivity contribution in [1.29, 1.82) is 5.26 Å². The summed E-state index contributed by atoms with van der Waals surface area (Å²) in [4.78, 5) is 16.5. The van der Waals surface area contributed by atoms with Gasteiger partial charge in [0.1, 0.15) is 5.75 Å². The second-order valence-corrected chi connectivity index (χ2v) is 6.02. The molecule has 0 aromatic heterocycles. The van der Waals surface area contributed by atoms with Crippen LogP contribution in [0.15, 0.2) is 48.5 Å². The van der Waals surface area contributed by atoms with Crippen LogP contribution in [0.2, 0.25) is 0 Å². The lowest BCUT2D eigenvalue weighted by molar-refractivity contribution is 0.208. The van der Waals surface area contributed by atoms with Crippen LogP contribution in [0.4, 0.5) is 16.2 Å². The average molecular weight is 350 g/mol. The van der Waals surface area contributed by atoms with Crippen molar-refractivity contribution in [2.45, 2.75) is 6.92 Å². The highest BCUT2D eigenvalue weighted by molar-refractivity contribution is 5.89. The lowest BCUT2D eigenvalue weighted by Crippen LogP contribution is -2.50. The van der Waals surface area contributed by atoms with Gasteiger partial charge in [-0.1, -0.05) is 0 Å². The maximum Gasteiger partial charge on any atom is 0.321 e. The maximum absolute atomic E-state index is 12.4. The van der Waals surface area contributed by atoms with Gasteiger partial charge in [0.15, 0.2) is 0 Å². The minimum absolute atomic E-state index is 0.110. The number of nitrogens with zero attached hydrogens (tertiary/aromatic N) is 3. The van der Waals surface area contributed by atoms with Gasteiger partial charge < -0.3 is 19.9 Å². The molecule has 1 saturated heterocycles. The van der Waals surface area contributed by atoms with E-state index in [0.717, 1.165) is 24.5 Å². The number of ether oxygens (including phenoxy) is 1. The topological polar surface area (TPSA) is 68.6 Å². The van der Waals surface area contributed by atoms with Crippen molar-refractivity contribution < 1.29 is 9.53 Å². The highest BCUT2D eigenvalue weighted by Gasteiger charge is 2.21. The van der Waals surface area contributed by atoms with Crippen LogP contribution in [-0.2, 0) is 0 Å². The van der Waals surface area contributed by atoms with Crippen LogP contribution in [0.1, 0.15) is 12.5 Å². The molecule has 0 aliphatic carbocycles. The van der Waals surface area contributed by atoms with Crippen molar-refractivity contribution in [3.63, 3.8) is 0 Å². The Morgan fingerprint density at radius 1 is 1.08 bits per heavy atom. The van der Waals surface area contributed by atoms with Crippen LogP contribution in [0.3, 0.4) is 0 Å². The van der Waals surface area contributed by atoms with E-state index in [9.17, 15) is 4.79 Å². The lowest BCUT2D eigenvalue weighted by Gasteiger charge is -2.36. The number of carbonyl (C=O) groups is 1. The summed E-state index contributed by atoms with van der Waals surface area (Å²) >= 11 is 0. The molecule has 1 aliphatic rings. The van der Waals surface area contributed by atoms with Crippen LogP contribution in [0.25, 0.3) is 0 Å². The van der Waals surface area contributed by atoms with E-state index in [1.165, 1.54) is 0 Å². The minimum Gasteiger partial charge on any atom is -0.494 e. The van der Waals surface area contributed by atoms with Gasteiger partial charge in [-0.05, 0) is 55.5 Å². The Bertz CT molecular complexity index is 773. The Balaban J connectivity index is 1.52. The van der Waals surface area contributed by atoms with E-state index in [4.69, 9.17) is 10.00 Å². The molecule has 2 amide bonds. The molecule has 0 atom stereocenters. The van der Waals surface area contributed by atoms with E-state index < -0.39 is 0 Å². The number of nitriles is 1. The predicted octanol–water partition coefficient (Wildman–Crippen LogP) is 3.31. The number of nitrogens with one attached hydrogen (secondary N) is 1. The molecule has 1 aliphatic heterocycles. The van der Waals surface area contributed by atoms with Gasteiger partial charge in [-0.2, -0.15) is 5.26 Å². The summed E-state index contributed by atoms with van der Waals surface area (Å²) in [5.74, 6) is 0.872. The number of rotatable bonds is 4. The normalized spacial score (nSPS) is 13.8. The molecule has 0 unspecified atom stereocenters. The number of carbonyl (C=O) groups excluding carboxylic acids is 1. The van der Waals surface area contributed by atoms with Gasteiger partial charge in [0.25, 0.3) is 0 Å². The summed E-state index contributed by atoms with van der Waals surface area (Å²) in [7, 11) is 0. The van der Waals surface area contributed by atoms with Crippen LogP contribution in [-0.4, -0.2) is 43.7 Å². The molecular weight excluding hydrogens is 328 g/mol. The van der Waals surface area contributed by atoms with Crippen molar-refractivity contribution in [1.82, 2.24) is 4.90 Å². The number of hydrogen-bond acceptors (Lipinski definition) is 4. The fourth-order valence-corrected chi connectivity index (χ4v) is 2.92. The van der Waals surface area contributed by atoms with Crippen LogP contribution < -0.4 is 15.0 Å². The molecule has 0 radical (unpaired) electrons. The van der Waals surface area contributed by atoms with Crippen LogP contribution in [0.5, 0.6) is 5.75 Å². The molecule has 0 spiro atoms. The standard InChI is InChI=1S/C20H22N4O2/c1-2-26-19-9-7-18(8-10-19)23-11-13-24(14-12-23)20(25)22-17-5-3-16(15-21)4-6-17/h3-10H,2,11-14H2,1H3,(H,22,25). The third-order valence-corrected chi connectivity index (χ3v) is 4.35. The van der Waals surface area contributed by atoms with Gasteiger partial charge in [-0.15, -0.1) is 0 Å². The first kappa shape index (κ1) is 17.6. The zero-order valence-corrected chi connectivity index (χ0v) is 14.8. The van der Waals surface area contributed by atoms with Crippen LogP contribution in [0, 0.1) is 11.3 Å². The van der Waals surface area contributed by atoms with Crippen molar-refractivity contribution >= 4 is 17.4 Å². The fourth-order valence-electron chi connectivity index (χ4n) is 2.92. The van der Waals surface area contributed by atoms with Gasteiger partial charge in [-0.25, -0.2) is 4.79 Å². The van der Waals surface area contributed by atoms with Gasteiger partial charge in [-0.3, -0.25) is 0 Å². The largest absolute Gasteiger partial charge is 0.494 e. The minimum atomic E-state index is -0.110. The van der Waals surface area contributed by atoms with Crippen molar-refractivity contribution in [3.05, 3.63) is 54.1 Å². The molecule has 3 rings (SSSR count). The number of hydrogen-bond donors (Lipinski definition) is 1. The fraction of sp³-hybridized carbons (Fsp3) is 0.300. The molecule has 26 heavy (non-hydrogen) atoms. The Hall–Kier alpha value is -3.20. The average Bonchev–Trinajstić information content (AvgIpc) is 2.69. The molecule has 1 heterocycles. The highest BCUT2D eigenvalue weighted by atomic mass is 16.5.